The molecule has 2 N–H and O–H groups in total. The van der Waals surface area contributed by atoms with E-state index in [0.29, 0.717) is 23.0 Å². The molecule has 0 aliphatic rings. The first-order chi connectivity index (χ1) is 11.2. The molecule has 6 heteroatoms. The Hall–Kier alpha value is -2.31. The van der Waals surface area contributed by atoms with Gasteiger partial charge in [0.25, 0.3) is 0 Å². The van der Waals surface area contributed by atoms with E-state index in [4.69, 9.17) is 23.5 Å². The van der Waals surface area contributed by atoms with Crippen molar-refractivity contribution in [2.45, 2.75) is 0 Å². The maximum absolute atomic E-state index is 5.35. The number of rotatable bonds is 7. The highest BCUT2D eigenvalue weighted by atomic mass is 32.2. The molecule has 2 rings (SSSR count). The molecule has 5 nitrogen and oxygen atoms in total. The number of nitrogens with two attached hydrogens (primary N) is 1. The van der Waals surface area contributed by atoms with Gasteiger partial charge in [-0.3, -0.25) is 0 Å². The van der Waals surface area contributed by atoms with Crippen LogP contribution in [0.1, 0.15) is 11.1 Å². The lowest BCUT2D eigenvalue weighted by Gasteiger charge is -2.12. The van der Waals surface area contributed by atoms with Crippen LogP contribution in [0.25, 0.3) is 12.2 Å². The molecular weight excluding hydrogens is 314 g/mol. The summed E-state index contributed by atoms with van der Waals surface area (Å²) in [7, 11) is 4.77. The average molecular weight is 333 g/mol. The molecule has 0 amide bonds. The third kappa shape index (κ3) is 4.34. The predicted molar refractivity (Wildman–Crippen MR) is 93.9 cm³/mol. The van der Waals surface area contributed by atoms with Crippen molar-refractivity contribution in [3.63, 3.8) is 0 Å². The quantitative estimate of drug-likeness (QED) is 0.472. The third-order valence-corrected chi connectivity index (χ3v) is 3.45. The minimum Gasteiger partial charge on any atom is -0.493 e. The molecule has 122 valence electrons. The van der Waals surface area contributed by atoms with Gasteiger partial charge in [0.15, 0.2) is 11.5 Å². The molecule has 0 atom stereocenters. The van der Waals surface area contributed by atoms with Crippen molar-refractivity contribution in [2.24, 2.45) is 5.14 Å². The van der Waals surface area contributed by atoms with Gasteiger partial charge in [-0.25, -0.2) is 5.14 Å². The molecule has 0 radical (unpaired) electrons. The first-order valence-corrected chi connectivity index (χ1v) is 7.64. The summed E-state index contributed by atoms with van der Waals surface area (Å²) in [6.07, 6.45) is 3.92. The van der Waals surface area contributed by atoms with E-state index in [-0.39, 0.29) is 0 Å². The Bertz CT molecular complexity index is 663. The lowest BCUT2D eigenvalue weighted by atomic mass is 10.1. The molecule has 0 unspecified atom stereocenters. The molecule has 0 fully saturated rings. The van der Waals surface area contributed by atoms with Gasteiger partial charge in [0.1, 0.15) is 18.0 Å². The Morgan fingerprint density at radius 2 is 1.52 bits per heavy atom. The van der Waals surface area contributed by atoms with Crippen molar-refractivity contribution in [3.05, 3.63) is 47.5 Å². The van der Waals surface area contributed by atoms with E-state index in [1.807, 2.05) is 48.6 Å². The number of methoxy groups -OCH3 is 3. The fraction of sp³-hybridized carbons (Fsp3) is 0.176. The van der Waals surface area contributed by atoms with Gasteiger partial charge in [0.05, 0.1) is 21.3 Å². The molecule has 0 saturated carbocycles. The zero-order valence-corrected chi connectivity index (χ0v) is 14.1. The van der Waals surface area contributed by atoms with Crippen molar-refractivity contribution >= 4 is 24.4 Å². The van der Waals surface area contributed by atoms with E-state index < -0.39 is 0 Å². The number of ether oxygens (including phenoxy) is 3. The fourth-order valence-corrected chi connectivity index (χ4v) is 2.33. The zero-order valence-electron chi connectivity index (χ0n) is 13.2. The average Bonchev–Trinajstić information content (AvgIpc) is 2.59. The minimum atomic E-state index is 0.572. The fourth-order valence-electron chi connectivity index (χ4n) is 2.12. The second kappa shape index (κ2) is 8.36. The van der Waals surface area contributed by atoms with E-state index >= 15 is 0 Å². The Labute approximate surface area is 140 Å². The summed E-state index contributed by atoms with van der Waals surface area (Å²) in [6, 6.07) is 11.4. The normalized spacial score (nSPS) is 10.6. The van der Waals surface area contributed by atoms with Gasteiger partial charge in [0, 0.05) is 0 Å². The van der Waals surface area contributed by atoms with E-state index in [1.54, 1.807) is 21.3 Å². The zero-order chi connectivity index (χ0) is 16.7. The molecule has 23 heavy (non-hydrogen) atoms. The maximum atomic E-state index is 5.35. The smallest absolute Gasteiger partial charge is 0.203 e. The van der Waals surface area contributed by atoms with Gasteiger partial charge < -0.3 is 18.4 Å². The summed E-state index contributed by atoms with van der Waals surface area (Å²) in [5, 5.41) is 5.30. The van der Waals surface area contributed by atoms with Crippen molar-refractivity contribution in [3.8, 4) is 23.0 Å². The van der Waals surface area contributed by atoms with Crippen LogP contribution >= 0.6 is 12.2 Å². The van der Waals surface area contributed by atoms with E-state index in [9.17, 15) is 0 Å². The van der Waals surface area contributed by atoms with Crippen LogP contribution in [0.4, 0.5) is 0 Å². The molecule has 0 aromatic heterocycles. The largest absolute Gasteiger partial charge is 0.493 e. The first kappa shape index (κ1) is 17.1. The molecule has 0 aliphatic carbocycles. The summed E-state index contributed by atoms with van der Waals surface area (Å²) in [6.45, 7) is 0. The number of benzene rings is 2. The van der Waals surface area contributed by atoms with Crippen LogP contribution in [-0.4, -0.2) is 21.3 Å². The molecule has 0 saturated heterocycles. The lowest BCUT2D eigenvalue weighted by Crippen LogP contribution is -1.95. The van der Waals surface area contributed by atoms with Crippen LogP contribution in [0.5, 0.6) is 23.0 Å². The Morgan fingerprint density at radius 1 is 0.870 bits per heavy atom. The third-order valence-electron chi connectivity index (χ3n) is 3.16. The molecule has 2 aromatic carbocycles. The van der Waals surface area contributed by atoms with Gasteiger partial charge in [-0.05, 0) is 35.4 Å². The predicted octanol–water partition coefficient (Wildman–Crippen LogP) is 3.78. The van der Waals surface area contributed by atoms with Crippen LogP contribution < -0.4 is 23.5 Å². The molecule has 0 bridgehead atoms. The Balaban J connectivity index is 2.30. The second-order valence-corrected chi connectivity index (χ2v) is 4.90. The van der Waals surface area contributed by atoms with Crippen molar-refractivity contribution in [1.29, 1.82) is 0 Å². The standard InChI is InChI=1S/C17H19NO4S/c1-19-15-10-13(11-16(20-2)17(15)21-3)8-7-12-5-4-6-14(9-12)22-23-18/h4-11H,18H2,1-3H3/b8-7-. The van der Waals surface area contributed by atoms with Crippen LogP contribution in [0.3, 0.4) is 0 Å². The van der Waals surface area contributed by atoms with Crippen molar-refractivity contribution < 1.29 is 18.4 Å². The highest BCUT2D eigenvalue weighted by Gasteiger charge is 2.11. The summed E-state index contributed by atoms with van der Waals surface area (Å²) in [5.74, 6) is 2.50. The van der Waals surface area contributed by atoms with Gasteiger partial charge in [-0.15, -0.1) is 0 Å². The molecule has 0 aliphatic heterocycles. The van der Waals surface area contributed by atoms with E-state index in [2.05, 4.69) is 0 Å². The summed E-state index contributed by atoms with van der Waals surface area (Å²) in [5.41, 5.74) is 1.92. The highest BCUT2D eigenvalue weighted by Crippen LogP contribution is 2.38. The first-order valence-electron chi connectivity index (χ1n) is 6.83. The Morgan fingerprint density at radius 3 is 2.09 bits per heavy atom. The van der Waals surface area contributed by atoms with Gasteiger partial charge >= 0.3 is 0 Å². The highest BCUT2D eigenvalue weighted by molar-refractivity contribution is 7.92. The van der Waals surface area contributed by atoms with Crippen LogP contribution in [0, 0.1) is 0 Å². The Kier molecular flexibility index (Phi) is 6.19. The van der Waals surface area contributed by atoms with Crippen LogP contribution in [0.2, 0.25) is 0 Å². The number of hydrogen-bond donors (Lipinski definition) is 1. The monoisotopic (exact) mass is 333 g/mol. The molecule has 0 heterocycles. The molecule has 0 spiro atoms. The lowest BCUT2D eigenvalue weighted by molar-refractivity contribution is 0.324. The van der Waals surface area contributed by atoms with Gasteiger partial charge in [0.2, 0.25) is 5.75 Å². The summed E-state index contributed by atoms with van der Waals surface area (Å²) in [4.78, 5) is 0. The molecule has 2 aromatic rings. The minimum absolute atomic E-state index is 0.572. The molecular formula is C17H19NO4S. The van der Waals surface area contributed by atoms with Gasteiger partial charge in [-0.2, -0.15) is 0 Å². The summed E-state index contributed by atoms with van der Waals surface area (Å²) >= 11 is 0.821. The number of hydrogen-bond acceptors (Lipinski definition) is 6. The van der Waals surface area contributed by atoms with Crippen LogP contribution in [0.15, 0.2) is 36.4 Å². The summed E-state index contributed by atoms with van der Waals surface area (Å²) < 4.78 is 21.2. The van der Waals surface area contributed by atoms with Gasteiger partial charge in [-0.1, -0.05) is 24.3 Å². The van der Waals surface area contributed by atoms with E-state index in [0.717, 1.165) is 23.4 Å². The van der Waals surface area contributed by atoms with Crippen LogP contribution in [-0.2, 0) is 0 Å². The van der Waals surface area contributed by atoms with E-state index in [1.165, 1.54) is 0 Å². The second-order valence-electron chi connectivity index (χ2n) is 4.54. The maximum Gasteiger partial charge on any atom is 0.203 e. The van der Waals surface area contributed by atoms with Crippen molar-refractivity contribution in [1.82, 2.24) is 0 Å². The SMILES string of the molecule is COc1cc(/C=C\c2cccc(OSN)c2)cc(OC)c1OC. The van der Waals surface area contributed by atoms with Crippen molar-refractivity contribution in [2.75, 3.05) is 21.3 Å². The topological polar surface area (TPSA) is 62.9 Å².